The summed E-state index contributed by atoms with van der Waals surface area (Å²) in [6.07, 6.45) is 1.40. The lowest BCUT2D eigenvalue weighted by molar-refractivity contribution is -0.141. The largest absolute Gasteiger partial charge is 0.481 e. The lowest BCUT2D eigenvalue weighted by atomic mass is 10.1. The molecule has 0 bridgehead atoms. The van der Waals surface area contributed by atoms with E-state index in [1.54, 1.807) is 0 Å². The molecule has 1 unspecified atom stereocenters. The van der Waals surface area contributed by atoms with E-state index in [0.717, 1.165) is 0 Å². The minimum atomic E-state index is -0.856. The van der Waals surface area contributed by atoms with Crippen LogP contribution in [0.15, 0.2) is 0 Å². The molecule has 0 aromatic rings. The average molecular weight is 226 g/mol. The minimum Gasteiger partial charge on any atom is -0.481 e. The van der Waals surface area contributed by atoms with Gasteiger partial charge in [-0.2, -0.15) is 0 Å². The number of carboxylic acids is 1. The smallest absolute Gasteiger partial charge is 0.308 e. The second kappa shape index (κ2) is 4.11. The highest BCUT2D eigenvalue weighted by molar-refractivity contribution is 5.91. The van der Waals surface area contributed by atoms with Crippen molar-refractivity contribution >= 4 is 17.8 Å². The average Bonchev–Trinajstić information content (AvgIpc) is 2.84. The molecular weight excluding hydrogens is 212 g/mol. The molecule has 2 aliphatic rings. The Morgan fingerprint density at radius 2 is 2.12 bits per heavy atom. The van der Waals surface area contributed by atoms with Gasteiger partial charge < -0.3 is 15.3 Å². The predicted octanol–water partition coefficient (Wildman–Crippen LogP) is -0.802. The first-order chi connectivity index (χ1) is 7.58. The molecule has 0 spiro atoms. The van der Waals surface area contributed by atoms with E-state index < -0.39 is 17.9 Å². The fourth-order valence-corrected chi connectivity index (χ4v) is 2.18. The van der Waals surface area contributed by atoms with Crippen LogP contribution in [0.3, 0.4) is 0 Å². The van der Waals surface area contributed by atoms with Crippen molar-refractivity contribution in [2.75, 3.05) is 13.1 Å². The first kappa shape index (κ1) is 10.9. The van der Waals surface area contributed by atoms with Gasteiger partial charge in [-0.25, -0.2) is 0 Å². The van der Waals surface area contributed by atoms with Gasteiger partial charge >= 0.3 is 5.97 Å². The van der Waals surface area contributed by atoms with Crippen LogP contribution < -0.4 is 5.32 Å². The highest BCUT2D eigenvalue weighted by Gasteiger charge is 2.36. The SMILES string of the molecule is O=C1CC[C@H](C(=O)N2CCC(C(=O)O)C2)N1. The van der Waals surface area contributed by atoms with Crippen molar-refractivity contribution in [3.05, 3.63) is 0 Å². The summed E-state index contributed by atoms with van der Waals surface area (Å²) in [4.78, 5) is 35.1. The second-order valence-electron chi connectivity index (χ2n) is 4.27. The van der Waals surface area contributed by atoms with Gasteiger partial charge in [-0.1, -0.05) is 0 Å². The van der Waals surface area contributed by atoms with Gasteiger partial charge in [0.2, 0.25) is 11.8 Å². The van der Waals surface area contributed by atoms with Gasteiger partial charge in [0, 0.05) is 19.5 Å². The molecule has 2 fully saturated rings. The maximum absolute atomic E-state index is 11.9. The number of hydrogen-bond acceptors (Lipinski definition) is 3. The summed E-state index contributed by atoms with van der Waals surface area (Å²) in [5, 5.41) is 11.4. The normalized spacial score (nSPS) is 29.2. The Bertz CT molecular complexity index is 342. The van der Waals surface area contributed by atoms with E-state index >= 15 is 0 Å². The number of carboxylic acid groups (broad SMARTS) is 1. The topological polar surface area (TPSA) is 86.7 Å². The van der Waals surface area contributed by atoms with Crippen LogP contribution in [0, 0.1) is 5.92 Å². The van der Waals surface area contributed by atoms with Gasteiger partial charge in [-0.3, -0.25) is 14.4 Å². The van der Waals surface area contributed by atoms with Gasteiger partial charge in [-0.15, -0.1) is 0 Å². The summed E-state index contributed by atoms with van der Waals surface area (Å²) >= 11 is 0. The van der Waals surface area contributed by atoms with Gasteiger partial charge in [0.05, 0.1) is 5.92 Å². The summed E-state index contributed by atoms with van der Waals surface area (Å²) in [7, 11) is 0. The van der Waals surface area contributed by atoms with Crippen molar-refractivity contribution in [1.29, 1.82) is 0 Å². The minimum absolute atomic E-state index is 0.104. The summed E-state index contributed by atoms with van der Waals surface area (Å²) < 4.78 is 0. The van der Waals surface area contributed by atoms with Crippen molar-refractivity contribution < 1.29 is 19.5 Å². The van der Waals surface area contributed by atoms with Crippen molar-refractivity contribution in [1.82, 2.24) is 10.2 Å². The lowest BCUT2D eigenvalue weighted by Gasteiger charge is -2.19. The number of rotatable bonds is 2. The number of nitrogens with one attached hydrogen (secondary N) is 1. The first-order valence-corrected chi connectivity index (χ1v) is 5.39. The lowest BCUT2D eigenvalue weighted by Crippen LogP contribution is -2.43. The second-order valence-corrected chi connectivity index (χ2v) is 4.27. The van der Waals surface area contributed by atoms with E-state index in [1.807, 2.05) is 0 Å². The predicted molar refractivity (Wildman–Crippen MR) is 53.5 cm³/mol. The number of carbonyl (C=O) groups is 3. The molecule has 2 N–H and O–H groups in total. The number of nitrogens with zero attached hydrogens (tertiary/aromatic N) is 1. The Labute approximate surface area is 92.6 Å². The number of likely N-dealkylation sites (tertiary alicyclic amines) is 1. The van der Waals surface area contributed by atoms with E-state index in [2.05, 4.69) is 5.32 Å². The quantitative estimate of drug-likeness (QED) is 0.645. The van der Waals surface area contributed by atoms with Crippen LogP contribution in [0.5, 0.6) is 0 Å². The zero-order valence-electron chi connectivity index (χ0n) is 8.81. The van der Waals surface area contributed by atoms with Crippen LogP contribution in [0.4, 0.5) is 0 Å². The molecule has 0 radical (unpaired) electrons. The molecule has 2 saturated heterocycles. The Hall–Kier alpha value is -1.59. The third-order valence-electron chi connectivity index (χ3n) is 3.14. The molecule has 6 heteroatoms. The van der Waals surface area contributed by atoms with Crippen LogP contribution in [-0.2, 0) is 14.4 Å². The molecule has 6 nitrogen and oxygen atoms in total. The molecule has 0 aliphatic carbocycles. The fourth-order valence-electron chi connectivity index (χ4n) is 2.18. The monoisotopic (exact) mass is 226 g/mol. The molecule has 2 aliphatic heterocycles. The third-order valence-corrected chi connectivity index (χ3v) is 3.14. The molecule has 2 atom stereocenters. The van der Waals surface area contributed by atoms with Crippen LogP contribution >= 0.6 is 0 Å². The maximum atomic E-state index is 11.9. The highest BCUT2D eigenvalue weighted by Crippen LogP contribution is 2.19. The van der Waals surface area contributed by atoms with Crippen molar-refractivity contribution in [3.63, 3.8) is 0 Å². The number of aliphatic carboxylic acids is 1. The van der Waals surface area contributed by atoms with Crippen molar-refractivity contribution in [3.8, 4) is 0 Å². The van der Waals surface area contributed by atoms with Crippen molar-refractivity contribution in [2.24, 2.45) is 5.92 Å². The van der Waals surface area contributed by atoms with Gasteiger partial charge in [0.25, 0.3) is 0 Å². The van der Waals surface area contributed by atoms with E-state index in [1.165, 1.54) is 4.90 Å². The standard InChI is InChI=1S/C10H14N2O4/c13-8-2-1-7(11-8)9(14)12-4-3-6(5-12)10(15)16/h6-7H,1-5H2,(H,11,13)(H,15,16)/t6?,7-/m1/s1. The Balaban J connectivity index is 1.92. The molecule has 16 heavy (non-hydrogen) atoms. The molecular formula is C10H14N2O4. The molecule has 0 aromatic carbocycles. The molecule has 2 amide bonds. The highest BCUT2D eigenvalue weighted by atomic mass is 16.4. The van der Waals surface area contributed by atoms with Crippen LogP contribution in [0.2, 0.25) is 0 Å². The van der Waals surface area contributed by atoms with Crippen LogP contribution in [-0.4, -0.2) is 46.9 Å². The Kier molecular flexibility index (Phi) is 2.80. The molecule has 0 saturated carbocycles. The fraction of sp³-hybridized carbons (Fsp3) is 0.700. The summed E-state index contributed by atoms with van der Waals surface area (Å²) in [5.41, 5.74) is 0. The Morgan fingerprint density at radius 1 is 1.38 bits per heavy atom. The zero-order valence-corrected chi connectivity index (χ0v) is 8.81. The van der Waals surface area contributed by atoms with E-state index in [4.69, 9.17) is 5.11 Å². The number of hydrogen-bond donors (Lipinski definition) is 2. The van der Waals surface area contributed by atoms with E-state index in [9.17, 15) is 14.4 Å². The molecule has 88 valence electrons. The number of carbonyl (C=O) groups excluding carboxylic acids is 2. The zero-order chi connectivity index (χ0) is 11.7. The first-order valence-electron chi connectivity index (χ1n) is 5.39. The summed E-state index contributed by atoms with van der Waals surface area (Å²) in [6, 6.07) is -0.444. The van der Waals surface area contributed by atoms with Gasteiger partial charge in [-0.05, 0) is 12.8 Å². The van der Waals surface area contributed by atoms with E-state index in [0.29, 0.717) is 25.8 Å². The van der Waals surface area contributed by atoms with Gasteiger partial charge in [0.1, 0.15) is 6.04 Å². The Morgan fingerprint density at radius 3 is 2.62 bits per heavy atom. The summed E-state index contributed by atoms with van der Waals surface area (Å²) in [5.74, 6) is -1.56. The number of amides is 2. The molecule has 0 aromatic heterocycles. The summed E-state index contributed by atoms with van der Waals surface area (Å²) in [6.45, 7) is 0.739. The third kappa shape index (κ3) is 2.00. The van der Waals surface area contributed by atoms with Gasteiger partial charge in [0.15, 0.2) is 0 Å². The van der Waals surface area contributed by atoms with E-state index in [-0.39, 0.29) is 18.4 Å². The van der Waals surface area contributed by atoms with Crippen molar-refractivity contribution in [2.45, 2.75) is 25.3 Å². The van der Waals surface area contributed by atoms with Crippen LogP contribution in [0.25, 0.3) is 0 Å². The molecule has 2 heterocycles. The maximum Gasteiger partial charge on any atom is 0.308 e. The molecule has 2 rings (SSSR count). The van der Waals surface area contributed by atoms with Crippen LogP contribution in [0.1, 0.15) is 19.3 Å².